The predicted molar refractivity (Wildman–Crippen MR) is 72.8 cm³/mol. The molecule has 0 aliphatic heterocycles. The van der Waals surface area contributed by atoms with Crippen molar-refractivity contribution >= 4 is 0 Å². The van der Waals surface area contributed by atoms with E-state index < -0.39 is 17.7 Å². The average molecular weight is 280 g/mol. The van der Waals surface area contributed by atoms with Crippen LogP contribution in [0.2, 0.25) is 0 Å². The van der Waals surface area contributed by atoms with Crippen LogP contribution in [0.4, 0.5) is 8.78 Å². The van der Waals surface area contributed by atoms with E-state index in [1.807, 2.05) is 20.9 Å². The largest absolute Gasteiger partial charge is 0.272 e. The summed E-state index contributed by atoms with van der Waals surface area (Å²) in [5.41, 5.74) is 5.24. The van der Waals surface area contributed by atoms with E-state index in [0.717, 1.165) is 17.0 Å². The molecule has 1 aromatic carbocycles. The zero-order chi connectivity index (χ0) is 14.9. The Morgan fingerprint density at radius 1 is 1.30 bits per heavy atom. The van der Waals surface area contributed by atoms with Gasteiger partial charge >= 0.3 is 0 Å². The number of rotatable bonds is 4. The van der Waals surface area contributed by atoms with Gasteiger partial charge in [0.1, 0.15) is 11.6 Å². The fourth-order valence-corrected chi connectivity index (χ4v) is 2.47. The second kappa shape index (κ2) is 5.68. The Balaban J connectivity index is 2.39. The SMILES string of the molecule is Cc1nn(C)c(C)c1C(Cc1c(F)cccc1F)NN. The van der Waals surface area contributed by atoms with Crippen LogP contribution in [0.15, 0.2) is 18.2 Å². The van der Waals surface area contributed by atoms with Gasteiger partial charge in [-0.25, -0.2) is 8.78 Å². The van der Waals surface area contributed by atoms with Gasteiger partial charge in [0.2, 0.25) is 0 Å². The van der Waals surface area contributed by atoms with Crippen molar-refractivity contribution in [3.63, 3.8) is 0 Å². The van der Waals surface area contributed by atoms with Gasteiger partial charge in [0, 0.05) is 23.9 Å². The molecule has 0 aliphatic rings. The molecule has 20 heavy (non-hydrogen) atoms. The molecule has 2 rings (SSSR count). The number of nitrogens with one attached hydrogen (secondary N) is 1. The molecule has 2 aromatic rings. The highest BCUT2D eigenvalue weighted by atomic mass is 19.1. The Bertz CT molecular complexity index is 602. The van der Waals surface area contributed by atoms with Gasteiger partial charge in [0.05, 0.1) is 11.7 Å². The summed E-state index contributed by atoms with van der Waals surface area (Å²) in [6.45, 7) is 3.75. The molecule has 1 atom stereocenters. The van der Waals surface area contributed by atoms with Crippen LogP contribution < -0.4 is 11.3 Å². The van der Waals surface area contributed by atoms with Crippen LogP contribution in [-0.4, -0.2) is 9.78 Å². The molecule has 1 aromatic heterocycles. The van der Waals surface area contributed by atoms with Gasteiger partial charge in [0.15, 0.2) is 0 Å². The summed E-state index contributed by atoms with van der Waals surface area (Å²) in [5, 5.41) is 4.30. The van der Waals surface area contributed by atoms with Crippen molar-refractivity contribution in [3.05, 3.63) is 52.3 Å². The lowest BCUT2D eigenvalue weighted by Crippen LogP contribution is -2.31. The number of hydrazine groups is 1. The van der Waals surface area contributed by atoms with E-state index in [2.05, 4.69) is 10.5 Å². The first-order chi connectivity index (χ1) is 9.45. The molecule has 0 bridgehead atoms. The number of nitrogens with zero attached hydrogens (tertiary/aromatic N) is 2. The van der Waals surface area contributed by atoms with E-state index in [-0.39, 0.29) is 12.0 Å². The van der Waals surface area contributed by atoms with Gasteiger partial charge in [-0.05, 0) is 32.4 Å². The van der Waals surface area contributed by atoms with Gasteiger partial charge in [-0.2, -0.15) is 5.10 Å². The molecule has 6 heteroatoms. The summed E-state index contributed by atoms with van der Waals surface area (Å²) in [6.07, 6.45) is 0.127. The van der Waals surface area contributed by atoms with E-state index in [4.69, 9.17) is 5.84 Å². The minimum atomic E-state index is -0.565. The topological polar surface area (TPSA) is 55.9 Å². The summed E-state index contributed by atoms with van der Waals surface area (Å²) in [4.78, 5) is 0. The lowest BCUT2D eigenvalue weighted by Gasteiger charge is -2.17. The minimum absolute atomic E-state index is 0.0260. The first-order valence-electron chi connectivity index (χ1n) is 6.34. The van der Waals surface area contributed by atoms with E-state index in [0.29, 0.717) is 0 Å². The number of aryl methyl sites for hydroxylation is 2. The summed E-state index contributed by atoms with van der Waals surface area (Å²) < 4.78 is 29.2. The molecule has 3 N–H and O–H groups in total. The van der Waals surface area contributed by atoms with Crippen molar-refractivity contribution in [3.8, 4) is 0 Å². The maximum Gasteiger partial charge on any atom is 0.129 e. The molecule has 0 fully saturated rings. The van der Waals surface area contributed by atoms with Gasteiger partial charge in [-0.3, -0.25) is 16.0 Å². The quantitative estimate of drug-likeness (QED) is 0.666. The molecular formula is C14H18F2N4. The monoisotopic (exact) mass is 280 g/mol. The number of nitrogens with two attached hydrogens (primary N) is 1. The van der Waals surface area contributed by atoms with Gasteiger partial charge in [-0.15, -0.1) is 0 Å². The van der Waals surface area contributed by atoms with Gasteiger partial charge < -0.3 is 0 Å². The van der Waals surface area contributed by atoms with E-state index >= 15 is 0 Å². The van der Waals surface area contributed by atoms with E-state index in [9.17, 15) is 8.78 Å². The second-order valence-electron chi connectivity index (χ2n) is 4.83. The summed E-state index contributed by atoms with van der Waals surface area (Å²) in [7, 11) is 1.82. The third-order valence-electron chi connectivity index (χ3n) is 3.58. The van der Waals surface area contributed by atoms with Gasteiger partial charge in [-0.1, -0.05) is 6.07 Å². The highest BCUT2D eigenvalue weighted by Gasteiger charge is 2.22. The Labute approximate surface area is 116 Å². The third-order valence-corrected chi connectivity index (χ3v) is 3.58. The number of aromatic nitrogens is 2. The van der Waals surface area contributed by atoms with Crippen LogP contribution in [0.1, 0.15) is 28.6 Å². The normalized spacial score (nSPS) is 12.7. The Morgan fingerprint density at radius 3 is 2.35 bits per heavy atom. The maximum atomic E-state index is 13.7. The minimum Gasteiger partial charge on any atom is -0.272 e. The van der Waals surface area contributed by atoms with Crippen LogP contribution in [0, 0.1) is 25.5 Å². The first-order valence-corrected chi connectivity index (χ1v) is 6.34. The number of benzene rings is 1. The zero-order valence-corrected chi connectivity index (χ0v) is 11.7. The summed E-state index contributed by atoms with van der Waals surface area (Å²) >= 11 is 0. The van der Waals surface area contributed by atoms with E-state index in [1.54, 1.807) is 4.68 Å². The van der Waals surface area contributed by atoms with Crippen molar-refractivity contribution < 1.29 is 8.78 Å². The number of hydrogen-bond donors (Lipinski definition) is 2. The average Bonchev–Trinajstić information content (AvgIpc) is 2.64. The highest BCUT2D eigenvalue weighted by Crippen LogP contribution is 2.26. The Hall–Kier alpha value is -1.79. The van der Waals surface area contributed by atoms with Crippen molar-refractivity contribution in [1.29, 1.82) is 0 Å². The summed E-state index contributed by atoms with van der Waals surface area (Å²) in [6, 6.07) is 3.44. The molecule has 1 unspecified atom stereocenters. The van der Waals surface area contributed by atoms with Crippen LogP contribution in [0.5, 0.6) is 0 Å². The molecule has 0 spiro atoms. The van der Waals surface area contributed by atoms with Crippen LogP contribution in [-0.2, 0) is 13.5 Å². The maximum absolute atomic E-state index is 13.7. The van der Waals surface area contributed by atoms with Gasteiger partial charge in [0.25, 0.3) is 0 Å². The van der Waals surface area contributed by atoms with Crippen molar-refractivity contribution in [1.82, 2.24) is 15.2 Å². The molecule has 0 saturated carbocycles. The Morgan fingerprint density at radius 2 is 1.90 bits per heavy atom. The van der Waals surface area contributed by atoms with Crippen LogP contribution >= 0.6 is 0 Å². The highest BCUT2D eigenvalue weighted by molar-refractivity contribution is 5.31. The van der Waals surface area contributed by atoms with Crippen molar-refractivity contribution in [2.45, 2.75) is 26.3 Å². The summed E-state index contributed by atoms with van der Waals surface area (Å²) in [5.74, 6) is 4.44. The molecule has 4 nitrogen and oxygen atoms in total. The fraction of sp³-hybridized carbons (Fsp3) is 0.357. The molecular weight excluding hydrogens is 262 g/mol. The fourth-order valence-electron chi connectivity index (χ4n) is 2.47. The predicted octanol–water partition coefficient (Wildman–Crippen LogP) is 2.06. The molecule has 0 radical (unpaired) electrons. The first kappa shape index (κ1) is 14.6. The zero-order valence-electron chi connectivity index (χ0n) is 11.7. The lowest BCUT2D eigenvalue weighted by atomic mass is 9.97. The van der Waals surface area contributed by atoms with E-state index in [1.165, 1.54) is 18.2 Å². The number of hydrogen-bond acceptors (Lipinski definition) is 3. The molecule has 0 saturated heterocycles. The van der Waals surface area contributed by atoms with Crippen LogP contribution in [0.3, 0.4) is 0 Å². The number of halogens is 2. The third kappa shape index (κ3) is 2.57. The second-order valence-corrected chi connectivity index (χ2v) is 4.83. The molecule has 0 aliphatic carbocycles. The molecule has 0 amide bonds. The standard InChI is InChI=1S/C14H18F2N4/c1-8-14(9(2)20(3)19-8)13(18-17)7-10-11(15)5-4-6-12(10)16/h4-6,13,18H,7,17H2,1-3H3. The van der Waals surface area contributed by atoms with Crippen molar-refractivity contribution in [2.75, 3.05) is 0 Å². The molecule has 108 valence electrons. The molecule has 1 heterocycles. The van der Waals surface area contributed by atoms with Crippen LogP contribution in [0.25, 0.3) is 0 Å². The lowest BCUT2D eigenvalue weighted by molar-refractivity contribution is 0.497. The smallest absolute Gasteiger partial charge is 0.129 e. The Kier molecular flexibility index (Phi) is 4.15. The van der Waals surface area contributed by atoms with Crippen molar-refractivity contribution in [2.24, 2.45) is 12.9 Å².